The van der Waals surface area contributed by atoms with Crippen molar-refractivity contribution in [2.45, 2.75) is 6.54 Å². The van der Waals surface area contributed by atoms with E-state index < -0.39 is 6.09 Å². The summed E-state index contributed by atoms with van der Waals surface area (Å²) in [6.45, 7) is 3.53. The van der Waals surface area contributed by atoms with E-state index in [9.17, 15) is 4.79 Å². The Kier molecular flexibility index (Phi) is 4.95. The van der Waals surface area contributed by atoms with Gasteiger partial charge in [-0.2, -0.15) is 4.98 Å². The second-order valence-corrected chi connectivity index (χ2v) is 7.93. The fourth-order valence-corrected chi connectivity index (χ4v) is 4.28. The first-order chi connectivity index (χ1) is 14.6. The van der Waals surface area contributed by atoms with Gasteiger partial charge in [-0.15, -0.1) is 5.06 Å². The molecule has 9 nitrogen and oxygen atoms in total. The van der Waals surface area contributed by atoms with Gasteiger partial charge in [-0.05, 0) is 24.3 Å². The summed E-state index contributed by atoms with van der Waals surface area (Å²) in [5.41, 5.74) is 7.61. The largest absolute Gasteiger partial charge is 0.464 e. The van der Waals surface area contributed by atoms with Gasteiger partial charge in [0.2, 0.25) is 0 Å². The number of piperazine rings is 1. The molecule has 4 aromatic rings. The van der Waals surface area contributed by atoms with Crippen LogP contribution in [0.25, 0.3) is 21.3 Å². The summed E-state index contributed by atoms with van der Waals surface area (Å²) in [6.07, 6.45) is 2.72. The van der Waals surface area contributed by atoms with Gasteiger partial charge < -0.3 is 19.7 Å². The van der Waals surface area contributed by atoms with Crippen molar-refractivity contribution >= 4 is 38.7 Å². The molecule has 0 saturated carbocycles. The fraction of sp³-hybridized carbons (Fsp3) is 0.250. The van der Waals surface area contributed by atoms with E-state index in [2.05, 4.69) is 14.9 Å². The van der Waals surface area contributed by atoms with E-state index >= 15 is 0 Å². The van der Waals surface area contributed by atoms with Gasteiger partial charge in [-0.3, -0.25) is 4.90 Å². The molecule has 0 aliphatic carbocycles. The number of primary amides is 1. The van der Waals surface area contributed by atoms with Gasteiger partial charge in [0.15, 0.2) is 5.65 Å². The smallest absolute Gasteiger partial charge is 0.423 e. The number of rotatable bonds is 5. The highest BCUT2D eigenvalue weighted by atomic mass is 32.1. The van der Waals surface area contributed by atoms with Gasteiger partial charge >= 0.3 is 6.09 Å². The number of pyridine rings is 1. The van der Waals surface area contributed by atoms with Crippen molar-refractivity contribution in [2.24, 2.45) is 5.73 Å². The summed E-state index contributed by atoms with van der Waals surface area (Å²) in [4.78, 5) is 26.7. The maximum absolute atomic E-state index is 10.9. The number of benzene rings is 1. The second-order valence-electron chi connectivity index (χ2n) is 6.94. The molecular weight excluding hydrogens is 406 g/mol. The number of hydrogen-bond acceptors (Lipinski definition) is 9. The number of hydroxylamine groups is 2. The third kappa shape index (κ3) is 3.92. The molecule has 0 atom stereocenters. The van der Waals surface area contributed by atoms with Crippen LogP contribution in [-0.4, -0.2) is 52.2 Å². The molecule has 30 heavy (non-hydrogen) atoms. The zero-order chi connectivity index (χ0) is 20.5. The number of thiazole rings is 1. The molecule has 1 aliphatic rings. The van der Waals surface area contributed by atoms with Gasteiger partial charge in [0.25, 0.3) is 5.19 Å². The number of nitrogens with two attached hydrogens (primary N) is 1. The van der Waals surface area contributed by atoms with E-state index in [4.69, 9.17) is 19.7 Å². The summed E-state index contributed by atoms with van der Waals surface area (Å²) in [5, 5.41) is 3.18. The summed E-state index contributed by atoms with van der Waals surface area (Å²) in [6, 6.07) is 9.64. The van der Waals surface area contributed by atoms with Crippen molar-refractivity contribution in [1.29, 1.82) is 0 Å². The molecule has 0 radical (unpaired) electrons. The first-order valence-electron chi connectivity index (χ1n) is 9.48. The van der Waals surface area contributed by atoms with Gasteiger partial charge in [-0.25, -0.2) is 9.78 Å². The van der Waals surface area contributed by atoms with E-state index in [0.717, 1.165) is 40.9 Å². The number of fused-ring (bicyclic) bond motifs is 2. The fourth-order valence-electron chi connectivity index (χ4n) is 3.49. The third-order valence-corrected chi connectivity index (χ3v) is 5.81. The Hall–Kier alpha value is -3.21. The first-order valence-corrected chi connectivity index (χ1v) is 10.3. The van der Waals surface area contributed by atoms with Crippen LogP contribution < -0.4 is 10.5 Å². The van der Waals surface area contributed by atoms with Crippen molar-refractivity contribution in [3.63, 3.8) is 0 Å². The lowest BCUT2D eigenvalue weighted by Gasteiger charge is -2.32. The average Bonchev–Trinajstić information content (AvgIpc) is 3.32. The van der Waals surface area contributed by atoms with Crippen molar-refractivity contribution in [2.75, 3.05) is 26.2 Å². The van der Waals surface area contributed by atoms with E-state index in [1.807, 2.05) is 30.3 Å². The summed E-state index contributed by atoms with van der Waals surface area (Å²) in [5.74, 6) is 0.666. The Labute approximate surface area is 175 Å². The average molecular weight is 425 g/mol. The summed E-state index contributed by atoms with van der Waals surface area (Å²) < 4.78 is 12.7. The van der Waals surface area contributed by atoms with Gasteiger partial charge in [0.1, 0.15) is 11.3 Å². The number of nitrogens with zero attached hydrogens (tertiary/aromatic N) is 4. The van der Waals surface area contributed by atoms with Crippen LogP contribution in [0.15, 0.2) is 47.2 Å². The summed E-state index contributed by atoms with van der Waals surface area (Å²) >= 11 is 1.45. The third-order valence-electron chi connectivity index (χ3n) is 4.92. The van der Waals surface area contributed by atoms with Crippen molar-refractivity contribution in [3.05, 3.63) is 48.4 Å². The van der Waals surface area contributed by atoms with E-state index in [-0.39, 0.29) is 0 Å². The molecule has 1 saturated heterocycles. The molecular formula is C20H19N5O4S. The first kappa shape index (κ1) is 18.8. The highest BCUT2D eigenvalue weighted by molar-refractivity contribution is 7.20. The van der Waals surface area contributed by atoms with Gasteiger partial charge in [0, 0.05) is 55.9 Å². The van der Waals surface area contributed by atoms with E-state index in [0.29, 0.717) is 29.7 Å². The van der Waals surface area contributed by atoms with Crippen LogP contribution in [0, 0.1) is 0 Å². The lowest BCUT2D eigenvalue weighted by Crippen LogP contribution is -2.47. The van der Waals surface area contributed by atoms with Crippen LogP contribution in [0.1, 0.15) is 5.56 Å². The lowest BCUT2D eigenvalue weighted by atomic mass is 10.1. The van der Waals surface area contributed by atoms with Crippen LogP contribution in [0.3, 0.4) is 0 Å². The minimum Gasteiger partial charge on any atom is -0.464 e. The molecule has 1 aromatic carbocycles. The van der Waals surface area contributed by atoms with E-state index in [1.54, 1.807) is 17.5 Å². The maximum Gasteiger partial charge on any atom is 0.423 e. The standard InChI is InChI=1S/C20H19N5O4S/c21-19(26)29-25-8-6-24(7-9-25)11-13-12-27-16-10-14(3-4-15(13)16)28-20-23-18-17(30-20)2-1-5-22-18/h1-5,10,12H,6-9,11H2,(H2,21,26). The van der Waals surface area contributed by atoms with Crippen LogP contribution in [0.4, 0.5) is 4.79 Å². The molecule has 10 heteroatoms. The summed E-state index contributed by atoms with van der Waals surface area (Å²) in [7, 11) is 0. The Bertz CT molecular complexity index is 1170. The number of amides is 1. The molecule has 0 bridgehead atoms. The quantitative estimate of drug-likeness (QED) is 0.519. The number of furan rings is 1. The minimum absolute atomic E-state index is 0.547. The molecule has 1 amide bonds. The topological polar surface area (TPSA) is 107 Å². The lowest BCUT2D eigenvalue weighted by molar-refractivity contribution is -0.120. The second kappa shape index (κ2) is 7.90. The highest BCUT2D eigenvalue weighted by Crippen LogP contribution is 2.33. The molecule has 2 N–H and O–H groups in total. The number of carbonyl (C=O) groups is 1. The van der Waals surface area contributed by atoms with Crippen LogP contribution >= 0.6 is 11.3 Å². The zero-order valence-electron chi connectivity index (χ0n) is 16.0. The molecule has 4 heterocycles. The highest BCUT2D eigenvalue weighted by Gasteiger charge is 2.20. The molecule has 1 fully saturated rings. The van der Waals surface area contributed by atoms with E-state index in [1.165, 1.54) is 11.3 Å². The van der Waals surface area contributed by atoms with Crippen molar-refractivity contribution < 1.29 is 18.8 Å². The molecule has 5 rings (SSSR count). The molecule has 1 aliphatic heterocycles. The maximum atomic E-state index is 10.9. The SMILES string of the molecule is NC(=O)ON1CCN(Cc2coc3cc(Oc4nc5ncccc5s4)ccc23)CC1. The van der Waals surface area contributed by atoms with Gasteiger partial charge in [0.05, 0.1) is 11.0 Å². The normalized spacial score (nSPS) is 15.6. The van der Waals surface area contributed by atoms with Crippen LogP contribution in [0.5, 0.6) is 10.9 Å². The molecule has 3 aromatic heterocycles. The van der Waals surface area contributed by atoms with Crippen LogP contribution in [-0.2, 0) is 11.4 Å². The van der Waals surface area contributed by atoms with Crippen LogP contribution in [0.2, 0.25) is 0 Å². The van der Waals surface area contributed by atoms with Crippen molar-refractivity contribution in [3.8, 4) is 10.9 Å². The minimum atomic E-state index is -0.774. The monoisotopic (exact) mass is 425 g/mol. The van der Waals surface area contributed by atoms with Gasteiger partial charge in [-0.1, -0.05) is 11.3 Å². The Morgan fingerprint density at radius 1 is 1.23 bits per heavy atom. The number of aromatic nitrogens is 2. The Balaban J connectivity index is 1.26. The predicted octanol–water partition coefficient (Wildman–Crippen LogP) is 3.36. The number of ether oxygens (including phenoxy) is 1. The number of hydrogen-bond donors (Lipinski definition) is 1. The predicted molar refractivity (Wildman–Crippen MR) is 111 cm³/mol. The zero-order valence-corrected chi connectivity index (χ0v) is 16.8. The van der Waals surface area contributed by atoms with Crippen molar-refractivity contribution in [1.82, 2.24) is 19.9 Å². The molecule has 154 valence electrons. The molecule has 0 unspecified atom stereocenters. The Morgan fingerprint density at radius 3 is 2.90 bits per heavy atom. The Morgan fingerprint density at radius 2 is 2.10 bits per heavy atom. The molecule has 0 spiro atoms. The number of carbonyl (C=O) groups excluding carboxylic acids is 1.